The summed E-state index contributed by atoms with van der Waals surface area (Å²) in [5.74, 6) is -0.418. The van der Waals surface area contributed by atoms with Crippen molar-refractivity contribution in [1.82, 2.24) is 0 Å². The Balaban J connectivity index is 2.36. The number of methoxy groups -OCH3 is 1. The standard InChI is InChI=1S/C15H13FO3/c1-10-12(16)8-9-13(18-2)14(10)15(17)19-11-6-4-3-5-7-11/h3-9H,1-2H3. The number of carbonyl (C=O) groups excluding carboxylic acids is 1. The number of esters is 1. The molecule has 4 heteroatoms. The van der Waals surface area contributed by atoms with Gasteiger partial charge in [0.1, 0.15) is 22.9 Å². The highest BCUT2D eigenvalue weighted by Gasteiger charge is 2.20. The molecule has 0 atom stereocenters. The zero-order valence-corrected chi connectivity index (χ0v) is 10.6. The van der Waals surface area contributed by atoms with Crippen LogP contribution in [0.2, 0.25) is 0 Å². The number of rotatable bonds is 3. The Hall–Kier alpha value is -2.36. The maximum atomic E-state index is 13.5. The first-order valence-corrected chi connectivity index (χ1v) is 5.74. The van der Waals surface area contributed by atoms with Gasteiger partial charge in [0.25, 0.3) is 0 Å². The van der Waals surface area contributed by atoms with Crippen molar-refractivity contribution in [2.24, 2.45) is 0 Å². The van der Waals surface area contributed by atoms with Crippen LogP contribution in [0.3, 0.4) is 0 Å². The summed E-state index contributed by atoms with van der Waals surface area (Å²) in [5.41, 5.74) is 0.312. The molecule has 0 bridgehead atoms. The Morgan fingerprint density at radius 2 is 1.79 bits per heavy atom. The molecule has 2 rings (SSSR count). The van der Waals surface area contributed by atoms with Crippen molar-refractivity contribution in [3.8, 4) is 11.5 Å². The molecule has 0 unspecified atom stereocenters. The van der Waals surface area contributed by atoms with Crippen LogP contribution in [0.15, 0.2) is 42.5 Å². The summed E-state index contributed by atoms with van der Waals surface area (Å²) in [4.78, 5) is 12.1. The number of ether oxygens (including phenoxy) is 2. The quantitative estimate of drug-likeness (QED) is 0.627. The molecule has 98 valence electrons. The van der Waals surface area contributed by atoms with Crippen molar-refractivity contribution in [3.05, 3.63) is 59.4 Å². The van der Waals surface area contributed by atoms with Gasteiger partial charge in [-0.3, -0.25) is 0 Å². The first kappa shape index (κ1) is 13.1. The SMILES string of the molecule is COc1ccc(F)c(C)c1C(=O)Oc1ccccc1. The average molecular weight is 260 g/mol. The molecule has 0 spiro atoms. The molecule has 0 saturated carbocycles. The van der Waals surface area contributed by atoms with E-state index in [1.807, 2.05) is 6.07 Å². The molecular formula is C15H13FO3. The molecule has 19 heavy (non-hydrogen) atoms. The lowest BCUT2D eigenvalue weighted by Gasteiger charge is -2.11. The van der Waals surface area contributed by atoms with Crippen LogP contribution in [0, 0.1) is 12.7 Å². The zero-order chi connectivity index (χ0) is 13.8. The Morgan fingerprint density at radius 1 is 1.11 bits per heavy atom. The largest absolute Gasteiger partial charge is 0.496 e. The molecule has 0 N–H and O–H groups in total. The Morgan fingerprint density at radius 3 is 2.42 bits per heavy atom. The molecule has 0 fully saturated rings. The summed E-state index contributed by atoms with van der Waals surface area (Å²) in [6.07, 6.45) is 0. The number of para-hydroxylation sites is 1. The molecule has 0 aliphatic rings. The molecule has 3 nitrogen and oxygen atoms in total. The minimum Gasteiger partial charge on any atom is -0.496 e. The number of hydrogen-bond acceptors (Lipinski definition) is 3. The molecular weight excluding hydrogens is 247 g/mol. The van der Waals surface area contributed by atoms with E-state index in [9.17, 15) is 9.18 Å². The molecule has 0 amide bonds. The maximum absolute atomic E-state index is 13.5. The highest BCUT2D eigenvalue weighted by molar-refractivity contribution is 5.95. The maximum Gasteiger partial charge on any atom is 0.347 e. The normalized spacial score (nSPS) is 10.1. The molecule has 0 saturated heterocycles. The minimum atomic E-state index is -0.639. The lowest BCUT2D eigenvalue weighted by atomic mass is 10.1. The highest BCUT2D eigenvalue weighted by atomic mass is 19.1. The third-order valence-electron chi connectivity index (χ3n) is 2.74. The fourth-order valence-corrected chi connectivity index (χ4v) is 1.73. The molecule has 0 aromatic heterocycles. The van der Waals surface area contributed by atoms with Crippen LogP contribution in [0.5, 0.6) is 11.5 Å². The van der Waals surface area contributed by atoms with Gasteiger partial charge < -0.3 is 9.47 Å². The van der Waals surface area contributed by atoms with Crippen LogP contribution in [0.1, 0.15) is 15.9 Å². The van der Waals surface area contributed by atoms with Crippen LogP contribution in [-0.4, -0.2) is 13.1 Å². The smallest absolute Gasteiger partial charge is 0.347 e. The van der Waals surface area contributed by atoms with Gasteiger partial charge in [-0.25, -0.2) is 9.18 Å². The number of hydrogen-bond donors (Lipinski definition) is 0. The predicted octanol–water partition coefficient (Wildman–Crippen LogP) is 3.36. The first-order valence-electron chi connectivity index (χ1n) is 5.74. The van der Waals surface area contributed by atoms with Crippen molar-refractivity contribution >= 4 is 5.97 Å². The van der Waals surface area contributed by atoms with Crippen molar-refractivity contribution in [3.63, 3.8) is 0 Å². The fourth-order valence-electron chi connectivity index (χ4n) is 1.73. The van der Waals surface area contributed by atoms with Crippen LogP contribution in [0.4, 0.5) is 4.39 Å². The van der Waals surface area contributed by atoms with Crippen molar-refractivity contribution < 1.29 is 18.7 Å². The van der Waals surface area contributed by atoms with Crippen LogP contribution >= 0.6 is 0 Å². The van der Waals surface area contributed by atoms with E-state index in [0.29, 0.717) is 11.5 Å². The Bertz CT molecular complexity index is 594. The highest BCUT2D eigenvalue weighted by Crippen LogP contribution is 2.25. The van der Waals surface area contributed by atoms with Gasteiger partial charge in [0.05, 0.1) is 7.11 Å². The van der Waals surface area contributed by atoms with Gasteiger partial charge in [-0.15, -0.1) is 0 Å². The summed E-state index contributed by atoms with van der Waals surface area (Å²) < 4.78 is 23.8. The van der Waals surface area contributed by atoms with E-state index in [0.717, 1.165) is 0 Å². The second-order valence-electron chi connectivity index (χ2n) is 3.95. The van der Waals surface area contributed by atoms with Gasteiger partial charge in [-0.2, -0.15) is 0 Å². The second-order valence-corrected chi connectivity index (χ2v) is 3.95. The zero-order valence-electron chi connectivity index (χ0n) is 10.6. The molecule has 0 heterocycles. The van der Waals surface area contributed by atoms with Crippen molar-refractivity contribution in [2.45, 2.75) is 6.92 Å². The molecule has 0 aliphatic heterocycles. The average Bonchev–Trinajstić information content (AvgIpc) is 2.42. The fraction of sp³-hybridized carbons (Fsp3) is 0.133. The van der Waals surface area contributed by atoms with Crippen molar-refractivity contribution in [1.29, 1.82) is 0 Å². The number of carbonyl (C=O) groups is 1. The summed E-state index contributed by atoms with van der Waals surface area (Å²) in [6.45, 7) is 1.51. The van der Waals surface area contributed by atoms with Gasteiger partial charge in [0.2, 0.25) is 0 Å². The molecule has 2 aromatic rings. The summed E-state index contributed by atoms with van der Waals surface area (Å²) in [7, 11) is 1.42. The van der Waals surface area contributed by atoms with Crippen LogP contribution in [0.25, 0.3) is 0 Å². The van der Waals surface area contributed by atoms with Gasteiger partial charge >= 0.3 is 5.97 Å². The van der Waals surface area contributed by atoms with Crippen molar-refractivity contribution in [2.75, 3.05) is 7.11 Å². The van der Waals surface area contributed by atoms with Gasteiger partial charge in [-0.05, 0) is 31.2 Å². The third-order valence-corrected chi connectivity index (χ3v) is 2.74. The molecule has 0 radical (unpaired) electrons. The van der Waals surface area contributed by atoms with E-state index >= 15 is 0 Å². The topological polar surface area (TPSA) is 35.5 Å². The van der Waals surface area contributed by atoms with Gasteiger partial charge in [0.15, 0.2) is 0 Å². The Kier molecular flexibility index (Phi) is 3.80. The lowest BCUT2D eigenvalue weighted by Crippen LogP contribution is -2.13. The summed E-state index contributed by atoms with van der Waals surface area (Å²) in [5, 5.41) is 0. The minimum absolute atomic E-state index is 0.103. The second kappa shape index (κ2) is 5.52. The van der Waals surface area contributed by atoms with Crippen LogP contribution in [-0.2, 0) is 0 Å². The summed E-state index contributed by atoms with van der Waals surface area (Å²) >= 11 is 0. The van der Waals surface area contributed by atoms with E-state index in [1.165, 1.54) is 26.2 Å². The number of benzene rings is 2. The predicted molar refractivity (Wildman–Crippen MR) is 69.1 cm³/mol. The number of halogens is 1. The van der Waals surface area contributed by atoms with Gasteiger partial charge in [-0.1, -0.05) is 18.2 Å². The third kappa shape index (κ3) is 2.73. The molecule has 2 aromatic carbocycles. The van der Waals surface area contributed by atoms with E-state index in [-0.39, 0.29) is 11.1 Å². The first-order chi connectivity index (χ1) is 9.13. The van der Waals surface area contributed by atoms with E-state index in [4.69, 9.17) is 9.47 Å². The van der Waals surface area contributed by atoms with E-state index in [2.05, 4.69) is 0 Å². The van der Waals surface area contributed by atoms with Crippen LogP contribution < -0.4 is 9.47 Å². The Labute approximate surface area is 110 Å². The monoisotopic (exact) mass is 260 g/mol. The van der Waals surface area contributed by atoms with E-state index in [1.54, 1.807) is 24.3 Å². The molecule has 0 aliphatic carbocycles. The van der Waals surface area contributed by atoms with E-state index < -0.39 is 11.8 Å². The lowest BCUT2D eigenvalue weighted by molar-refractivity contribution is 0.0730. The summed E-state index contributed by atoms with van der Waals surface area (Å²) in [6, 6.07) is 11.3. The van der Waals surface area contributed by atoms with Gasteiger partial charge in [0, 0.05) is 5.56 Å².